The van der Waals surface area contributed by atoms with E-state index in [1.54, 1.807) is 36.8 Å². The number of thiazole rings is 1. The molecule has 1 aliphatic rings. The third-order valence-corrected chi connectivity index (χ3v) is 7.39. The fraction of sp³-hybridized carbons (Fsp3) is 0.269. The Morgan fingerprint density at radius 2 is 2.03 bits per heavy atom. The van der Waals surface area contributed by atoms with Gasteiger partial charge >= 0.3 is 5.97 Å². The monoisotopic (exact) mass is 574 g/mol. The quantitative estimate of drug-likeness (QED) is 0.372. The molecule has 35 heavy (non-hydrogen) atoms. The van der Waals surface area contributed by atoms with E-state index in [1.807, 2.05) is 37.3 Å². The number of halogens is 2. The first kappa shape index (κ1) is 25.4. The number of allylic oxidation sites excluding steroid dienone is 1. The lowest BCUT2D eigenvalue weighted by molar-refractivity contribution is -0.139. The third kappa shape index (κ3) is 5.01. The number of rotatable bonds is 7. The van der Waals surface area contributed by atoms with Gasteiger partial charge in [0.05, 0.1) is 29.5 Å². The molecule has 4 rings (SSSR count). The molecule has 1 aliphatic heterocycles. The Morgan fingerprint density at radius 3 is 2.71 bits per heavy atom. The van der Waals surface area contributed by atoms with Crippen LogP contribution in [0.1, 0.15) is 43.9 Å². The maximum atomic E-state index is 13.8. The summed E-state index contributed by atoms with van der Waals surface area (Å²) in [6, 6.07) is 12.1. The minimum absolute atomic E-state index is 0.209. The lowest BCUT2D eigenvalue weighted by Gasteiger charge is -2.27. The van der Waals surface area contributed by atoms with Gasteiger partial charge in [-0.1, -0.05) is 70.4 Å². The van der Waals surface area contributed by atoms with Gasteiger partial charge in [-0.3, -0.25) is 9.36 Å². The van der Waals surface area contributed by atoms with Crippen LogP contribution in [-0.2, 0) is 9.53 Å². The molecule has 0 N–H and O–H groups in total. The van der Waals surface area contributed by atoms with E-state index >= 15 is 0 Å². The number of nitrogens with zero attached hydrogens (tertiary/aromatic N) is 2. The van der Waals surface area contributed by atoms with Crippen LogP contribution in [0.4, 0.5) is 0 Å². The maximum Gasteiger partial charge on any atom is 0.338 e. The fourth-order valence-electron chi connectivity index (χ4n) is 4.07. The SMILES string of the molecule is CCCC1=C(C(=O)OCC)[C@H](c2cc(Br)ccc2OC)n2c(s/c(=C/c3ccccc3Cl)c2=O)=N1. The second kappa shape index (κ2) is 10.9. The van der Waals surface area contributed by atoms with Crippen LogP contribution in [0.15, 0.2) is 68.0 Å². The minimum atomic E-state index is -0.757. The van der Waals surface area contributed by atoms with Crippen molar-refractivity contribution in [1.82, 2.24) is 4.57 Å². The highest BCUT2D eigenvalue weighted by atomic mass is 79.9. The molecule has 2 aromatic carbocycles. The van der Waals surface area contributed by atoms with Gasteiger partial charge in [-0.25, -0.2) is 9.79 Å². The van der Waals surface area contributed by atoms with Gasteiger partial charge in [0.2, 0.25) is 0 Å². The van der Waals surface area contributed by atoms with Crippen LogP contribution in [0.25, 0.3) is 6.08 Å². The van der Waals surface area contributed by atoms with Crippen LogP contribution in [0.5, 0.6) is 5.75 Å². The molecular weight excluding hydrogens is 552 g/mol. The highest BCUT2D eigenvalue weighted by Crippen LogP contribution is 2.38. The van der Waals surface area contributed by atoms with Gasteiger partial charge < -0.3 is 9.47 Å². The van der Waals surface area contributed by atoms with Gasteiger partial charge in [0.1, 0.15) is 11.8 Å². The summed E-state index contributed by atoms with van der Waals surface area (Å²) in [5, 5.41) is 0.544. The molecule has 0 aliphatic carbocycles. The van der Waals surface area contributed by atoms with Crippen LogP contribution >= 0.6 is 38.9 Å². The first-order chi connectivity index (χ1) is 16.9. The van der Waals surface area contributed by atoms with E-state index in [-0.39, 0.29) is 12.2 Å². The highest BCUT2D eigenvalue weighted by Gasteiger charge is 2.36. The first-order valence-corrected chi connectivity index (χ1v) is 13.2. The summed E-state index contributed by atoms with van der Waals surface area (Å²) in [5.41, 5.74) is 2.09. The lowest BCUT2D eigenvalue weighted by Crippen LogP contribution is -2.40. The van der Waals surface area contributed by atoms with Gasteiger partial charge in [0, 0.05) is 15.1 Å². The molecule has 1 atom stereocenters. The topological polar surface area (TPSA) is 69.9 Å². The zero-order chi connectivity index (χ0) is 25.1. The number of hydrogen-bond donors (Lipinski definition) is 0. The lowest BCUT2D eigenvalue weighted by atomic mass is 9.93. The average Bonchev–Trinajstić information content (AvgIpc) is 3.14. The van der Waals surface area contributed by atoms with Gasteiger partial charge in [-0.05, 0) is 49.2 Å². The molecule has 0 amide bonds. The Morgan fingerprint density at radius 1 is 1.26 bits per heavy atom. The summed E-state index contributed by atoms with van der Waals surface area (Å²) in [5.74, 6) is 0.0607. The molecule has 6 nitrogen and oxygen atoms in total. The number of methoxy groups -OCH3 is 1. The molecule has 0 saturated carbocycles. The summed E-state index contributed by atoms with van der Waals surface area (Å²) in [7, 11) is 1.56. The van der Waals surface area contributed by atoms with Gasteiger partial charge in [-0.15, -0.1) is 0 Å². The number of ether oxygens (including phenoxy) is 2. The normalized spacial score (nSPS) is 15.6. The van der Waals surface area contributed by atoms with Crippen LogP contribution in [-0.4, -0.2) is 24.3 Å². The predicted molar refractivity (Wildman–Crippen MR) is 142 cm³/mol. The van der Waals surface area contributed by atoms with Crippen LogP contribution in [0.2, 0.25) is 5.02 Å². The Balaban J connectivity index is 2.07. The summed E-state index contributed by atoms with van der Waals surface area (Å²) in [6.07, 6.45) is 3.10. The smallest absolute Gasteiger partial charge is 0.338 e. The second-order valence-electron chi connectivity index (χ2n) is 7.82. The van der Waals surface area contributed by atoms with Crippen molar-refractivity contribution in [2.24, 2.45) is 4.99 Å². The molecule has 182 valence electrons. The van der Waals surface area contributed by atoms with E-state index in [1.165, 1.54) is 11.3 Å². The van der Waals surface area contributed by atoms with Crippen molar-refractivity contribution >= 4 is 50.9 Å². The summed E-state index contributed by atoms with van der Waals surface area (Å²) in [6.45, 7) is 3.99. The maximum absolute atomic E-state index is 13.8. The van der Waals surface area contributed by atoms with Crippen molar-refractivity contribution in [3.63, 3.8) is 0 Å². The Kier molecular flexibility index (Phi) is 7.94. The molecule has 9 heteroatoms. The second-order valence-corrected chi connectivity index (χ2v) is 10.2. The molecule has 0 fully saturated rings. The van der Waals surface area contributed by atoms with Gasteiger partial charge in [0.15, 0.2) is 4.80 Å². The van der Waals surface area contributed by atoms with Crippen LogP contribution < -0.4 is 19.6 Å². The number of carbonyl (C=O) groups excluding carboxylic acids is 1. The number of fused-ring (bicyclic) bond motifs is 1. The van der Waals surface area contributed by atoms with Crippen molar-refractivity contribution in [1.29, 1.82) is 0 Å². The van der Waals surface area contributed by atoms with Crippen LogP contribution in [0.3, 0.4) is 0 Å². The van der Waals surface area contributed by atoms with Crippen molar-refractivity contribution in [2.45, 2.75) is 32.7 Å². The fourth-order valence-corrected chi connectivity index (χ4v) is 5.65. The highest BCUT2D eigenvalue weighted by molar-refractivity contribution is 9.10. The zero-order valence-electron chi connectivity index (χ0n) is 19.5. The number of esters is 1. The largest absolute Gasteiger partial charge is 0.496 e. The predicted octanol–water partition coefficient (Wildman–Crippen LogP) is 5.00. The van der Waals surface area contributed by atoms with E-state index in [4.69, 9.17) is 26.1 Å². The van der Waals surface area contributed by atoms with Crippen molar-refractivity contribution in [2.75, 3.05) is 13.7 Å². The van der Waals surface area contributed by atoms with E-state index in [0.29, 0.717) is 43.4 Å². The summed E-state index contributed by atoms with van der Waals surface area (Å²) >= 11 is 11.1. The zero-order valence-corrected chi connectivity index (χ0v) is 22.7. The number of benzene rings is 2. The van der Waals surface area contributed by atoms with Crippen molar-refractivity contribution in [3.05, 3.63) is 94.0 Å². The Labute approximate surface area is 220 Å². The number of carbonyl (C=O) groups is 1. The number of aromatic nitrogens is 1. The standard InChI is InChI=1S/C26H24BrClN2O4S/c1-4-8-19-22(25(32)34-5-2)23(17-14-16(27)11-12-20(17)33-3)30-24(31)21(35-26(30)29-19)13-15-9-6-7-10-18(15)28/h6-7,9-14,23H,4-5,8H2,1-3H3/b21-13+/t23-/m0/s1. The van der Waals surface area contributed by atoms with Crippen molar-refractivity contribution in [3.8, 4) is 5.75 Å². The van der Waals surface area contributed by atoms with Gasteiger partial charge in [0.25, 0.3) is 5.56 Å². The molecular formula is C26H24BrClN2O4S. The molecule has 0 bridgehead atoms. The average molecular weight is 576 g/mol. The molecule has 2 heterocycles. The summed E-state index contributed by atoms with van der Waals surface area (Å²) in [4.78, 5) is 32.4. The van der Waals surface area contributed by atoms with E-state index in [9.17, 15) is 9.59 Å². The Bertz CT molecular complexity index is 1490. The molecule has 0 spiro atoms. The first-order valence-electron chi connectivity index (χ1n) is 11.2. The third-order valence-electron chi connectivity index (χ3n) is 5.57. The molecule has 1 aromatic heterocycles. The van der Waals surface area contributed by atoms with Crippen LogP contribution in [0, 0.1) is 0 Å². The Hall–Kier alpha value is -2.68. The van der Waals surface area contributed by atoms with E-state index < -0.39 is 12.0 Å². The molecule has 0 radical (unpaired) electrons. The van der Waals surface area contributed by atoms with E-state index in [2.05, 4.69) is 15.9 Å². The molecule has 0 unspecified atom stereocenters. The number of hydrogen-bond acceptors (Lipinski definition) is 6. The molecule has 3 aromatic rings. The molecule has 0 saturated heterocycles. The van der Waals surface area contributed by atoms with Crippen molar-refractivity contribution < 1.29 is 14.3 Å². The van der Waals surface area contributed by atoms with Gasteiger partial charge in [-0.2, -0.15) is 0 Å². The van der Waals surface area contributed by atoms with E-state index in [0.717, 1.165) is 16.5 Å². The summed E-state index contributed by atoms with van der Waals surface area (Å²) < 4.78 is 13.9. The minimum Gasteiger partial charge on any atom is -0.496 e.